The Morgan fingerprint density at radius 1 is 1.24 bits per heavy atom. The fourth-order valence-electron chi connectivity index (χ4n) is 1.81. The molecule has 2 rings (SSSR count). The predicted octanol–water partition coefficient (Wildman–Crippen LogP) is 3.18. The minimum atomic E-state index is -0.646. The SMILES string of the molecule is COC(=O)C(Nc1ccccc1Br)c1ccc(OC)nc1. The molecule has 1 N–H and O–H groups in total. The van der Waals surface area contributed by atoms with E-state index in [0.29, 0.717) is 11.4 Å². The van der Waals surface area contributed by atoms with Crippen molar-refractivity contribution in [1.82, 2.24) is 4.98 Å². The molecule has 21 heavy (non-hydrogen) atoms. The van der Waals surface area contributed by atoms with Gasteiger partial charge in [-0.3, -0.25) is 0 Å². The highest BCUT2D eigenvalue weighted by molar-refractivity contribution is 9.10. The zero-order chi connectivity index (χ0) is 15.2. The number of nitrogens with zero attached hydrogens (tertiary/aromatic N) is 1. The van der Waals surface area contributed by atoms with E-state index < -0.39 is 12.0 Å². The highest BCUT2D eigenvalue weighted by Crippen LogP contribution is 2.27. The van der Waals surface area contributed by atoms with Crippen molar-refractivity contribution < 1.29 is 14.3 Å². The van der Waals surface area contributed by atoms with E-state index in [4.69, 9.17) is 9.47 Å². The summed E-state index contributed by atoms with van der Waals surface area (Å²) in [6, 6.07) is 10.4. The molecule has 0 saturated heterocycles. The number of carbonyl (C=O) groups is 1. The van der Waals surface area contributed by atoms with Crippen LogP contribution in [0.1, 0.15) is 11.6 Å². The van der Waals surface area contributed by atoms with Gasteiger partial charge in [0.15, 0.2) is 6.04 Å². The maximum absolute atomic E-state index is 12.0. The molecule has 2 aromatic rings. The number of halogens is 1. The number of aromatic nitrogens is 1. The lowest BCUT2D eigenvalue weighted by Crippen LogP contribution is -2.22. The van der Waals surface area contributed by atoms with E-state index in [0.717, 1.165) is 10.2 Å². The van der Waals surface area contributed by atoms with Crippen molar-refractivity contribution >= 4 is 27.6 Å². The van der Waals surface area contributed by atoms with Gasteiger partial charge in [0, 0.05) is 28.0 Å². The Bertz CT molecular complexity index is 617. The molecule has 6 heteroatoms. The Kier molecular flexibility index (Phi) is 5.16. The van der Waals surface area contributed by atoms with Crippen molar-refractivity contribution in [1.29, 1.82) is 0 Å². The van der Waals surface area contributed by atoms with Gasteiger partial charge < -0.3 is 14.8 Å². The summed E-state index contributed by atoms with van der Waals surface area (Å²) in [5.41, 5.74) is 1.49. The Balaban J connectivity index is 2.30. The van der Waals surface area contributed by atoms with E-state index in [2.05, 4.69) is 26.2 Å². The number of ether oxygens (including phenoxy) is 2. The van der Waals surface area contributed by atoms with E-state index in [9.17, 15) is 4.79 Å². The highest BCUT2D eigenvalue weighted by Gasteiger charge is 2.22. The minimum absolute atomic E-state index is 0.391. The molecule has 0 fully saturated rings. The first-order chi connectivity index (χ1) is 10.2. The summed E-state index contributed by atoms with van der Waals surface area (Å²) < 4.78 is 10.7. The number of para-hydroxylation sites is 1. The summed E-state index contributed by atoms with van der Waals surface area (Å²) >= 11 is 3.44. The monoisotopic (exact) mass is 350 g/mol. The number of pyridine rings is 1. The van der Waals surface area contributed by atoms with Gasteiger partial charge in [0.25, 0.3) is 0 Å². The van der Waals surface area contributed by atoms with Gasteiger partial charge in [-0.05, 0) is 34.1 Å². The topological polar surface area (TPSA) is 60.5 Å². The van der Waals surface area contributed by atoms with Crippen LogP contribution in [-0.4, -0.2) is 25.2 Å². The second kappa shape index (κ2) is 7.08. The number of rotatable bonds is 5. The molecule has 0 bridgehead atoms. The van der Waals surface area contributed by atoms with Gasteiger partial charge >= 0.3 is 5.97 Å². The van der Waals surface area contributed by atoms with E-state index >= 15 is 0 Å². The largest absolute Gasteiger partial charge is 0.481 e. The molecule has 1 aromatic heterocycles. The molecule has 0 amide bonds. The van der Waals surface area contributed by atoms with Gasteiger partial charge in [0.2, 0.25) is 5.88 Å². The molecule has 0 saturated carbocycles. The normalized spacial score (nSPS) is 11.6. The number of benzene rings is 1. The molecule has 0 aliphatic carbocycles. The van der Waals surface area contributed by atoms with Crippen LogP contribution >= 0.6 is 15.9 Å². The molecule has 5 nitrogen and oxygen atoms in total. The van der Waals surface area contributed by atoms with E-state index in [1.54, 1.807) is 25.4 Å². The van der Waals surface area contributed by atoms with Crippen LogP contribution in [0.3, 0.4) is 0 Å². The van der Waals surface area contributed by atoms with Gasteiger partial charge in [-0.25, -0.2) is 9.78 Å². The zero-order valence-electron chi connectivity index (χ0n) is 11.7. The lowest BCUT2D eigenvalue weighted by atomic mass is 10.1. The smallest absolute Gasteiger partial charge is 0.333 e. The van der Waals surface area contributed by atoms with Crippen LogP contribution in [0, 0.1) is 0 Å². The second-order valence-corrected chi connectivity index (χ2v) is 5.07. The van der Waals surface area contributed by atoms with Crippen LogP contribution in [0.25, 0.3) is 0 Å². The summed E-state index contributed by atoms with van der Waals surface area (Å²) in [4.78, 5) is 16.1. The summed E-state index contributed by atoms with van der Waals surface area (Å²) in [7, 11) is 2.90. The summed E-state index contributed by atoms with van der Waals surface area (Å²) in [5.74, 6) is 0.0981. The Morgan fingerprint density at radius 3 is 2.57 bits per heavy atom. The standard InChI is InChI=1S/C15H15BrN2O3/c1-20-13-8-7-10(9-17-13)14(15(19)21-2)18-12-6-4-3-5-11(12)16/h3-9,14,18H,1-2H3. The van der Waals surface area contributed by atoms with Crippen LogP contribution in [0.15, 0.2) is 47.1 Å². The number of anilines is 1. The van der Waals surface area contributed by atoms with Crippen LogP contribution in [-0.2, 0) is 9.53 Å². The molecule has 0 aliphatic rings. The lowest BCUT2D eigenvalue weighted by Gasteiger charge is -2.18. The van der Waals surface area contributed by atoms with E-state index in [1.165, 1.54) is 7.11 Å². The predicted molar refractivity (Wildman–Crippen MR) is 83.3 cm³/mol. The molecule has 1 unspecified atom stereocenters. The fourth-order valence-corrected chi connectivity index (χ4v) is 2.21. The quantitative estimate of drug-likeness (QED) is 0.839. The third kappa shape index (κ3) is 3.72. The van der Waals surface area contributed by atoms with Crippen molar-refractivity contribution in [2.75, 3.05) is 19.5 Å². The van der Waals surface area contributed by atoms with Crippen LogP contribution in [0.2, 0.25) is 0 Å². The van der Waals surface area contributed by atoms with Crippen LogP contribution in [0.5, 0.6) is 5.88 Å². The van der Waals surface area contributed by atoms with Gasteiger partial charge in [-0.1, -0.05) is 12.1 Å². The first kappa shape index (κ1) is 15.3. The van der Waals surface area contributed by atoms with Crippen molar-refractivity contribution in [3.63, 3.8) is 0 Å². The lowest BCUT2D eigenvalue weighted by molar-refractivity contribution is -0.141. The molecule has 0 radical (unpaired) electrons. The molecule has 1 atom stereocenters. The van der Waals surface area contributed by atoms with Crippen molar-refractivity contribution in [2.45, 2.75) is 6.04 Å². The maximum Gasteiger partial charge on any atom is 0.333 e. The van der Waals surface area contributed by atoms with E-state index in [-0.39, 0.29) is 0 Å². The minimum Gasteiger partial charge on any atom is -0.481 e. The fraction of sp³-hybridized carbons (Fsp3) is 0.200. The number of hydrogen-bond acceptors (Lipinski definition) is 5. The molecule has 1 heterocycles. The Labute approximate surface area is 131 Å². The highest BCUT2D eigenvalue weighted by atomic mass is 79.9. The number of carbonyl (C=O) groups excluding carboxylic acids is 1. The zero-order valence-corrected chi connectivity index (χ0v) is 13.3. The summed E-state index contributed by atoms with van der Waals surface area (Å²) in [5, 5.41) is 3.15. The third-order valence-corrected chi connectivity index (χ3v) is 3.60. The summed E-state index contributed by atoms with van der Waals surface area (Å²) in [6.07, 6.45) is 1.59. The maximum atomic E-state index is 12.0. The molecule has 110 valence electrons. The van der Waals surface area contributed by atoms with Gasteiger partial charge in [0.05, 0.1) is 14.2 Å². The van der Waals surface area contributed by atoms with Crippen LogP contribution in [0.4, 0.5) is 5.69 Å². The second-order valence-electron chi connectivity index (χ2n) is 4.21. The summed E-state index contributed by atoms with van der Waals surface area (Å²) in [6.45, 7) is 0. The molecular formula is C15H15BrN2O3. The third-order valence-electron chi connectivity index (χ3n) is 2.91. The first-order valence-electron chi connectivity index (χ1n) is 6.24. The number of esters is 1. The first-order valence-corrected chi connectivity index (χ1v) is 7.04. The van der Waals surface area contributed by atoms with Crippen molar-refractivity contribution in [3.8, 4) is 5.88 Å². The van der Waals surface area contributed by atoms with Gasteiger partial charge in [-0.15, -0.1) is 0 Å². The number of methoxy groups -OCH3 is 2. The molecule has 1 aromatic carbocycles. The molecule has 0 aliphatic heterocycles. The van der Waals surface area contributed by atoms with Gasteiger partial charge in [-0.2, -0.15) is 0 Å². The van der Waals surface area contributed by atoms with E-state index in [1.807, 2.05) is 24.3 Å². The van der Waals surface area contributed by atoms with Crippen molar-refractivity contribution in [3.05, 3.63) is 52.6 Å². The van der Waals surface area contributed by atoms with Gasteiger partial charge in [0.1, 0.15) is 0 Å². The molecular weight excluding hydrogens is 336 g/mol. The average Bonchev–Trinajstić information content (AvgIpc) is 2.53. The number of nitrogens with one attached hydrogen (secondary N) is 1. The molecule has 0 spiro atoms. The Morgan fingerprint density at radius 2 is 2.00 bits per heavy atom. The number of hydrogen-bond donors (Lipinski definition) is 1. The van der Waals surface area contributed by atoms with Crippen molar-refractivity contribution in [2.24, 2.45) is 0 Å². The van der Waals surface area contributed by atoms with Crippen LogP contribution < -0.4 is 10.1 Å². The average molecular weight is 351 g/mol. The Hall–Kier alpha value is -2.08.